The number of halogens is 1. The Kier molecular flexibility index (Phi) is 13.3. The molecular weight excluding hydrogens is 698 g/mol. The number of rotatable bonds is 14. The Hall–Kier alpha value is -0.319. The molecule has 292 valence electrons. The molecule has 13 heteroatoms. The number of hydrogen-bond donors (Lipinski definition) is 4. The van der Waals surface area contributed by atoms with Gasteiger partial charge in [-0.15, -0.1) is 0 Å². The lowest BCUT2D eigenvalue weighted by Gasteiger charge is -2.69. The predicted octanol–water partition coefficient (Wildman–Crippen LogP) is 8.01. The van der Waals surface area contributed by atoms with Crippen LogP contribution < -0.4 is 5.73 Å². The van der Waals surface area contributed by atoms with E-state index in [1.165, 1.54) is 0 Å². The first kappa shape index (κ1) is 44.1. The second-order valence-corrected chi connectivity index (χ2v) is 36.9. The van der Waals surface area contributed by atoms with Crippen LogP contribution in [0, 0.1) is 0 Å². The Morgan fingerprint density at radius 3 is 1.48 bits per heavy atom. The van der Waals surface area contributed by atoms with Gasteiger partial charge in [-0.25, -0.2) is 4.99 Å². The normalized spacial score (nSPS) is 31.4. The number of alkyl halides is 1. The molecular formula is C37H76ClN5O4Si3. The number of nitrogens with zero attached hydrogens (tertiary/aromatic N) is 4. The van der Waals surface area contributed by atoms with Crippen LogP contribution in [0.15, 0.2) is 9.98 Å². The molecule has 3 heterocycles. The van der Waals surface area contributed by atoms with Crippen molar-refractivity contribution in [3.05, 3.63) is 0 Å². The monoisotopic (exact) mass is 773 g/mol. The van der Waals surface area contributed by atoms with E-state index in [0.717, 1.165) is 5.46 Å². The highest BCUT2D eigenvalue weighted by molar-refractivity contribution is 7.11. The van der Waals surface area contributed by atoms with Gasteiger partial charge in [0.25, 0.3) is 0 Å². The van der Waals surface area contributed by atoms with E-state index >= 15 is 0 Å². The molecule has 0 aromatic heterocycles. The number of fused-ring (bicyclic) bond motifs is 1. The molecule has 0 saturated carbocycles. The van der Waals surface area contributed by atoms with Crippen molar-refractivity contribution in [3.63, 3.8) is 0 Å². The van der Waals surface area contributed by atoms with Crippen molar-refractivity contribution in [2.24, 2.45) is 15.7 Å². The van der Waals surface area contributed by atoms with Crippen LogP contribution in [-0.2, 0) is 4.74 Å². The largest absolute Gasteiger partial charge is 0.394 e. The molecule has 0 aromatic carbocycles. The number of amidine groups is 1. The number of aliphatic hydroxyl groups is 3. The zero-order chi connectivity index (χ0) is 38.9. The van der Waals surface area contributed by atoms with Gasteiger partial charge in [0.1, 0.15) is 45.8 Å². The Balaban J connectivity index is 2.81. The average molecular weight is 775 g/mol. The van der Waals surface area contributed by atoms with Crippen LogP contribution in [0.1, 0.15) is 125 Å². The van der Waals surface area contributed by atoms with Gasteiger partial charge < -0.3 is 29.5 Å². The quantitative estimate of drug-likeness (QED) is 0.0801. The molecule has 1 fully saturated rings. The molecule has 0 amide bonds. The lowest BCUT2D eigenvalue weighted by Crippen LogP contribution is -2.88. The van der Waals surface area contributed by atoms with Crippen molar-refractivity contribution in [2.45, 2.75) is 215 Å². The van der Waals surface area contributed by atoms with Gasteiger partial charge in [-0.2, -0.15) is 0 Å². The molecule has 5 N–H and O–H groups in total. The number of hydrogen-bond acceptors (Lipinski definition) is 9. The topological polar surface area (TPSA) is 127 Å². The third-order valence-electron chi connectivity index (χ3n) is 14.1. The van der Waals surface area contributed by atoms with E-state index in [4.69, 9.17) is 32.1 Å². The zero-order valence-corrected chi connectivity index (χ0v) is 38.6. The molecule has 3 aliphatic heterocycles. The smallest absolute Gasteiger partial charge is 0.211 e. The SMILES string of the molecule is CC(C)[Si](C1=NC(N)(Cl)C2([Si](C(C)C)(C(C)C)C(C)C)N=CN([C@@H]3O[C@H](CO)C(O)C3O)C2N1[Si](C(C)C)(C(C)C)C(C)C)(C(C)C)C(C)C. The first-order valence-electron chi connectivity index (χ1n) is 19.6. The summed E-state index contributed by atoms with van der Waals surface area (Å²) in [4.78, 5) is 13.6. The van der Waals surface area contributed by atoms with Gasteiger partial charge in [0.2, 0.25) is 5.12 Å². The van der Waals surface area contributed by atoms with Gasteiger partial charge >= 0.3 is 0 Å². The summed E-state index contributed by atoms with van der Waals surface area (Å²) in [6.45, 7) is 42.1. The highest BCUT2D eigenvalue weighted by Gasteiger charge is 2.79. The third kappa shape index (κ3) is 5.73. The number of aliphatic imine (C=N–C) groups is 2. The summed E-state index contributed by atoms with van der Waals surface area (Å²) in [5, 5.41) is 30.6. The third-order valence-corrected chi connectivity index (χ3v) is 36.4. The van der Waals surface area contributed by atoms with E-state index in [1.807, 2.05) is 6.34 Å². The van der Waals surface area contributed by atoms with E-state index in [-0.39, 0.29) is 16.6 Å². The first-order valence-corrected chi connectivity index (χ1v) is 26.6. The molecule has 1 saturated heterocycles. The molecule has 50 heavy (non-hydrogen) atoms. The summed E-state index contributed by atoms with van der Waals surface area (Å²) in [5.41, 5.74) is 11.5. The number of ether oxygens (including phenoxy) is 1. The maximum Gasteiger partial charge on any atom is 0.211 e. The lowest BCUT2D eigenvalue weighted by molar-refractivity contribution is -0.0949. The molecule has 0 aromatic rings. The zero-order valence-electron chi connectivity index (χ0n) is 34.9. The van der Waals surface area contributed by atoms with Crippen molar-refractivity contribution in [2.75, 3.05) is 6.61 Å². The Bertz CT molecular complexity index is 1180. The molecule has 0 spiro atoms. The summed E-state index contributed by atoms with van der Waals surface area (Å²) < 4.78 is 9.28. The summed E-state index contributed by atoms with van der Waals surface area (Å²) in [6, 6.07) is 0. The van der Waals surface area contributed by atoms with Crippen LogP contribution in [0.4, 0.5) is 0 Å². The Morgan fingerprint density at radius 1 is 0.740 bits per heavy atom. The van der Waals surface area contributed by atoms with Gasteiger partial charge in [0.05, 0.1) is 18.4 Å². The molecule has 3 rings (SSSR count). The van der Waals surface area contributed by atoms with Crippen molar-refractivity contribution in [1.82, 2.24) is 9.47 Å². The van der Waals surface area contributed by atoms with Gasteiger partial charge in [0.15, 0.2) is 14.5 Å². The maximum atomic E-state index is 11.8. The van der Waals surface area contributed by atoms with E-state index < -0.39 is 72.0 Å². The minimum Gasteiger partial charge on any atom is -0.394 e. The second kappa shape index (κ2) is 15.1. The fourth-order valence-corrected chi connectivity index (χ4v) is 36.8. The molecule has 0 bridgehead atoms. The summed E-state index contributed by atoms with van der Waals surface area (Å²) in [6.07, 6.45) is -3.08. The number of aliphatic hydroxyl groups excluding tert-OH is 3. The average Bonchev–Trinajstić information content (AvgIpc) is 3.48. The summed E-state index contributed by atoms with van der Waals surface area (Å²) >= 11 is 8.11. The highest BCUT2D eigenvalue weighted by atomic mass is 35.5. The fraction of sp³-hybridized carbons (Fsp3) is 0.946. The van der Waals surface area contributed by atoms with Crippen LogP contribution in [-0.4, -0.2) is 109 Å². The standard InChI is InChI=1S/C37H76ClN5O4Si3/c1-21(2)48(22(3)4,23(5)6)35-41-37(38,39)36(49(24(7)8,25(9)10)26(11)12)34(43(35)50(27(13)14,28(15)16)29(17)18)42(20-40-36)33-32(46)31(45)30(19-44)47-33/h20-34,44-46H,19,39H2,1-18H3/t30-,31?,32?,33-,34?,36?,37?/m1/s1. The van der Waals surface area contributed by atoms with Crippen molar-refractivity contribution < 1.29 is 20.1 Å². The summed E-state index contributed by atoms with van der Waals surface area (Å²) in [7, 11) is -8.11. The second-order valence-electron chi connectivity index (χ2n) is 18.7. The Labute approximate surface area is 314 Å². The van der Waals surface area contributed by atoms with E-state index in [0.29, 0.717) is 33.2 Å². The molecule has 3 aliphatic rings. The lowest BCUT2D eigenvalue weighted by atomic mass is 10.1. The van der Waals surface area contributed by atoms with Gasteiger partial charge in [0, 0.05) is 0 Å². The minimum absolute atomic E-state index is 0.225. The van der Waals surface area contributed by atoms with Crippen LogP contribution in [0.3, 0.4) is 0 Å². The Morgan fingerprint density at radius 2 is 1.16 bits per heavy atom. The van der Waals surface area contributed by atoms with E-state index in [9.17, 15) is 15.3 Å². The molecule has 0 aliphatic carbocycles. The molecule has 7 atom stereocenters. The van der Waals surface area contributed by atoms with Crippen molar-refractivity contribution >= 4 is 47.8 Å². The van der Waals surface area contributed by atoms with Crippen LogP contribution >= 0.6 is 11.6 Å². The number of nitrogens with two attached hydrogens (primary N) is 1. The van der Waals surface area contributed by atoms with Crippen molar-refractivity contribution in [1.29, 1.82) is 0 Å². The first-order chi connectivity index (χ1) is 22.8. The van der Waals surface area contributed by atoms with E-state index in [2.05, 4.69) is 134 Å². The fourth-order valence-electron chi connectivity index (χ4n) is 13.1. The van der Waals surface area contributed by atoms with Crippen molar-refractivity contribution in [3.8, 4) is 0 Å². The van der Waals surface area contributed by atoms with Gasteiger partial charge in [-0.05, 0) is 49.9 Å². The van der Waals surface area contributed by atoms with E-state index in [1.54, 1.807) is 0 Å². The van der Waals surface area contributed by atoms with Crippen LogP contribution in [0.25, 0.3) is 0 Å². The van der Waals surface area contributed by atoms with Crippen LogP contribution in [0.5, 0.6) is 0 Å². The predicted molar refractivity (Wildman–Crippen MR) is 220 cm³/mol. The van der Waals surface area contributed by atoms with Crippen LogP contribution in [0.2, 0.25) is 49.9 Å². The summed E-state index contributed by atoms with van der Waals surface area (Å²) in [5.74, 6) is 0. The van der Waals surface area contributed by atoms with Gasteiger partial charge in [-0.1, -0.05) is 136 Å². The maximum absolute atomic E-state index is 11.8. The molecule has 0 radical (unpaired) electrons. The highest BCUT2D eigenvalue weighted by Crippen LogP contribution is 2.64. The molecule has 5 unspecified atom stereocenters. The minimum atomic E-state index is -2.82. The molecule has 9 nitrogen and oxygen atoms in total. The van der Waals surface area contributed by atoms with Gasteiger partial charge in [-0.3, -0.25) is 10.7 Å².